The lowest BCUT2D eigenvalue weighted by molar-refractivity contribution is 0.102. The number of nitrogens with zero attached hydrogens (tertiary/aromatic N) is 2. The average molecular weight is 292 g/mol. The number of anilines is 1. The highest BCUT2D eigenvalue weighted by molar-refractivity contribution is 7.99. The van der Waals surface area contributed by atoms with Gasteiger partial charge in [0.1, 0.15) is 5.75 Å². The van der Waals surface area contributed by atoms with Gasteiger partial charge in [0, 0.05) is 5.56 Å². The molecule has 6 nitrogen and oxygen atoms in total. The molecule has 1 aromatic heterocycles. The number of rotatable bonds is 6. The van der Waals surface area contributed by atoms with Crippen LogP contribution in [0.5, 0.6) is 5.75 Å². The van der Waals surface area contributed by atoms with Gasteiger partial charge in [-0.15, -0.1) is 5.10 Å². The molecule has 1 aromatic carbocycles. The molecule has 1 heterocycles. The van der Waals surface area contributed by atoms with Crippen LogP contribution in [0.1, 0.15) is 24.2 Å². The number of benzene rings is 1. The topological polar surface area (TPSA) is 79.9 Å². The molecule has 0 saturated carbocycles. The first kappa shape index (κ1) is 14.4. The lowest BCUT2D eigenvalue weighted by Crippen LogP contribution is -2.13. The summed E-state index contributed by atoms with van der Waals surface area (Å²) in [6.45, 7) is 4.47. The Bertz CT molecular complexity index is 585. The van der Waals surface area contributed by atoms with Crippen LogP contribution in [0.3, 0.4) is 0 Å². The van der Waals surface area contributed by atoms with E-state index in [9.17, 15) is 4.79 Å². The molecule has 0 atom stereocenters. The first-order chi connectivity index (χ1) is 9.72. The van der Waals surface area contributed by atoms with Crippen molar-refractivity contribution in [3.63, 3.8) is 0 Å². The molecule has 0 unspecified atom stereocenters. The Morgan fingerprint density at radius 3 is 3.05 bits per heavy atom. The molecule has 2 aromatic rings. The van der Waals surface area contributed by atoms with Gasteiger partial charge >= 0.3 is 0 Å². The Balaban J connectivity index is 2.05. The number of thioether (sulfide) groups is 1. The van der Waals surface area contributed by atoms with E-state index in [2.05, 4.69) is 20.5 Å². The van der Waals surface area contributed by atoms with Crippen molar-refractivity contribution in [2.24, 2.45) is 0 Å². The molecule has 0 fully saturated rings. The predicted octanol–water partition coefficient (Wildman–Crippen LogP) is 2.57. The lowest BCUT2D eigenvalue weighted by atomic mass is 10.2. The fourth-order valence-electron chi connectivity index (χ4n) is 1.57. The Labute approximate surface area is 121 Å². The molecule has 0 aliphatic rings. The van der Waals surface area contributed by atoms with Crippen LogP contribution >= 0.6 is 11.8 Å². The van der Waals surface area contributed by atoms with E-state index in [4.69, 9.17) is 4.74 Å². The van der Waals surface area contributed by atoms with E-state index >= 15 is 0 Å². The van der Waals surface area contributed by atoms with Gasteiger partial charge in [0.15, 0.2) is 0 Å². The van der Waals surface area contributed by atoms with Crippen LogP contribution < -0.4 is 10.1 Å². The van der Waals surface area contributed by atoms with Gasteiger partial charge in [0.25, 0.3) is 5.91 Å². The molecule has 0 spiro atoms. The molecule has 20 heavy (non-hydrogen) atoms. The minimum absolute atomic E-state index is 0.254. The number of carbonyl (C=O) groups excluding carboxylic acids is 1. The van der Waals surface area contributed by atoms with Crippen LogP contribution in [-0.4, -0.2) is 33.4 Å². The molecular weight excluding hydrogens is 276 g/mol. The molecule has 0 radical (unpaired) electrons. The molecule has 0 bridgehead atoms. The van der Waals surface area contributed by atoms with Crippen molar-refractivity contribution in [1.29, 1.82) is 0 Å². The number of H-pyrrole nitrogens is 1. The van der Waals surface area contributed by atoms with E-state index in [0.29, 0.717) is 29.0 Å². The Morgan fingerprint density at radius 1 is 1.45 bits per heavy atom. The van der Waals surface area contributed by atoms with Crippen LogP contribution in [0.25, 0.3) is 0 Å². The van der Waals surface area contributed by atoms with Crippen molar-refractivity contribution in [3.05, 3.63) is 29.8 Å². The third-order valence-corrected chi connectivity index (χ3v) is 3.11. The first-order valence-corrected chi connectivity index (χ1v) is 7.31. The second kappa shape index (κ2) is 6.95. The first-order valence-electron chi connectivity index (χ1n) is 6.32. The zero-order valence-electron chi connectivity index (χ0n) is 11.3. The Kier molecular flexibility index (Phi) is 5.00. The fourth-order valence-corrected chi connectivity index (χ4v) is 2.09. The molecular formula is C13H16N4O2S. The maximum absolute atomic E-state index is 12.1. The van der Waals surface area contributed by atoms with Crippen LogP contribution in [-0.2, 0) is 0 Å². The fraction of sp³-hybridized carbons (Fsp3) is 0.308. The van der Waals surface area contributed by atoms with Crippen LogP contribution in [0, 0.1) is 0 Å². The highest BCUT2D eigenvalue weighted by atomic mass is 32.2. The Hall–Kier alpha value is -2.02. The molecule has 0 saturated heterocycles. The van der Waals surface area contributed by atoms with Gasteiger partial charge in [-0.25, -0.2) is 5.10 Å². The number of hydrogen-bond acceptors (Lipinski definition) is 5. The van der Waals surface area contributed by atoms with Crippen LogP contribution in [0.2, 0.25) is 0 Å². The molecule has 2 N–H and O–H groups in total. The second-order valence-electron chi connectivity index (χ2n) is 3.81. The summed E-state index contributed by atoms with van der Waals surface area (Å²) in [6, 6.07) is 7.00. The molecule has 7 heteroatoms. The van der Waals surface area contributed by atoms with E-state index in [1.54, 1.807) is 18.2 Å². The van der Waals surface area contributed by atoms with Crippen LogP contribution in [0.4, 0.5) is 5.95 Å². The molecule has 0 aliphatic heterocycles. The van der Waals surface area contributed by atoms with Crippen LogP contribution in [0.15, 0.2) is 29.4 Å². The van der Waals surface area contributed by atoms with E-state index < -0.39 is 0 Å². The molecule has 1 amide bonds. The van der Waals surface area contributed by atoms with Crippen molar-refractivity contribution in [2.75, 3.05) is 17.7 Å². The second-order valence-corrected chi connectivity index (χ2v) is 5.05. The zero-order chi connectivity index (χ0) is 14.4. The minimum Gasteiger partial charge on any atom is -0.494 e. The van der Waals surface area contributed by atoms with Gasteiger partial charge < -0.3 is 4.74 Å². The largest absolute Gasteiger partial charge is 0.494 e. The maximum atomic E-state index is 12.1. The van der Waals surface area contributed by atoms with Crippen molar-refractivity contribution in [3.8, 4) is 5.75 Å². The van der Waals surface area contributed by atoms with Gasteiger partial charge in [0.05, 0.1) is 6.61 Å². The van der Waals surface area contributed by atoms with Crippen molar-refractivity contribution in [1.82, 2.24) is 15.2 Å². The summed E-state index contributed by atoms with van der Waals surface area (Å²) >= 11 is 1.50. The van der Waals surface area contributed by atoms with Gasteiger partial charge in [-0.05, 0) is 30.9 Å². The summed E-state index contributed by atoms with van der Waals surface area (Å²) < 4.78 is 5.36. The summed E-state index contributed by atoms with van der Waals surface area (Å²) in [4.78, 5) is 16.2. The SMILES string of the molecule is CCOc1cccc(C(=O)Nc2nc(SCC)n[nH]2)c1. The maximum Gasteiger partial charge on any atom is 0.258 e. The third-order valence-electron chi connectivity index (χ3n) is 2.38. The zero-order valence-corrected chi connectivity index (χ0v) is 12.2. The van der Waals surface area contributed by atoms with Gasteiger partial charge in [-0.2, -0.15) is 4.98 Å². The summed E-state index contributed by atoms with van der Waals surface area (Å²) in [6.07, 6.45) is 0. The van der Waals surface area contributed by atoms with Crippen molar-refractivity contribution >= 4 is 23.6 Å². The van der Waals surface area contributed by atoms with E-state index in [1.165, 1.54) is 11.8 Å². The van der Waals surface area contributed by atoms with Crippen molar-refractivity contribution < 1.29 is 9.53 Å². The summed E-state index contributed by atoms with van der Waals surface area (Å²) in [7, 11) is 0. The smallest absolute Gasteiger partial charge is 0.258 e. The predicted molar refractivity (Wildman–Crippen MR) is 78.3 cm³/mol. The third kappa shape index (κ3) is 3.74. The summed E-state index contributed by atoms with van der Waals surface area (Å²) in [5.41, 5.74) is 0.511. The number of nitrogens with one attached hydrogen (secondary N) is 2. The quantitative estimate of drug-likeness (QED) is 0.800. The number of hydrogen-bond donors (Lipinski definition) is 2. The highest BCUT2D eigenvalue weighted by Gasteiger charge is 2.10. The normalized spacial score (nSPS) is 10.3. The molecule has 106 valence electrons. The van der Waals surface area contributed by atoms with E-state index in [-0.39, 0.29) is 5.91 Å². The monoisotopic (exact) mass is 292 g/mol. The van der Waals surface area contributed by atoms with E-state index in [1.807, 2.05) is 19.9 Å². The van der Waals surface area contributed by atoms with Crippen molar-refractivity contribution in [2.45, 2.75) is 19.0 Å². The molecule has 0 aliphatic carbocycles. The number of ether oxygens (including phenoxy) is 1. The number of carbonyl (C=O) groups is 1. The van der Waals surface area contributed by atoms with Gasteiger partial charge in [-0.3, -0.25) is 10.1 Å². The molecule has 2 rings (SSSR count). The summed E-state index contributed by atoms with van der Waals surface area (Å²) in [5, 5.41) is 9.96. The number of aromatic nitrogens is 3. The van der Waals surface area contributed by atoms with Gasteiger partial charge in [0.2, 0.25) is 11.1 Å². The Morgan fingerprint density at radius 2 is 2.30 bits per heavy atom. The van der Waals surface area contributed by atoms with E-state index in [0.717, 1.165) is 5.75 Å². The van der Waals surface area contributed by atoms with Gasteiger partial charge in [-0.1, -0.05) is 24.8 Å². The summed E-state index contributed by atoms with van der Waals surface area (Å²) in [5.74, 6) is 1.63. The lowest BCUT2D eigenvalue weighted by Gasteiger charge is -2.05. The average Bonchev–Trinajstić information content (AvgIpc) is 2.87. The highest BCUT2D eigenvalue weighted by Crippen LogP contribution is 2.16. The number of amides is 1. The minimum atomic E-state index is -0.254. The number of aromatic amines is 1. The standard InChI is InChI=1S/C13H16N4O2S/c1-3-19-10-7-5-6-9(8-10)11(18)14-12-15-13(17-16-12)20-4-2/h5-8H,3-4H2,1-2H3,(H2,14,15,16,17,18).